The summed E-state index contributed by atoms with van der Waals surface area (Å²) in [5.74, 6) is 0. The summed E-state index contributed by atoms with van der Waals surface area (Å²) < 4.78 is 1.70. The third-order valence-corrected chi connectivity index (χ3v) is 3.53. The highest BCUT2D eigenvalue weighted by molar-refractivity contribution is 5.80. The van der Waals surface area contributed by atoms with Crippen molar-refractivity contribution in [1.82, 2.24) is 9.55 Å². The molecule has 0 fully saturated rings. The van der Waals surface area contributed by atoms with E-state index in [1.54, 1.807) is 4.57 Å². The lowest BCUT2D eigenvalue weighted by Crippen LogP contribution is -2.18. The molecule has 0 aliphatic heterocycles. The van der Waals surface area contributed by atoms with Crippen molar-refractivity contribution < 1.29 is 0 Å². The van der Waals surface area contributed by atoms with Crippen molar-refractivity contribution in [2.24, 2.45) is 7.05 Å². The quantitative estimate of drug-likeness (QED) is 0.826. The number of imidazole rings is 1. The van der Waals surface area contributed by atoms with Gasteiger partial charge in [0.2, 0.25) is 0 Å². The molecule has 0 saturated carbocycles. The van der Waals surface area contributed by atoms with Gasteiger partial charge in [0.15, 0.2) is 0 Å². The molecule has 0 aliphatic carbocycles. The van der Waals surface area contributed by atoms with Crippen molar-refractivity contribution in [1.29, 1.82) is 0 Å². The van der Waals surface area contributed by atoms with Gasteiger partial charge in [-0.1, -0.05) is 32.9 Å². The molecule has 0 amide bonds. The molecule has 16 heavy (non-hydrogen) atoms. The Labute approximate surface area is 95.1 Å². The van der Waals surface area contributed by atoms with Crippen LogP contribution in [0.25, 0.3) is 11.0 Å². The van der Waals surface area contributed by atoms with Gasteiger partial charge >= 0.3 is 5.69 Å². The Bertz CT molecular complexity index is 575. The van der Waals surface area contributed by atoms with Gasteiger partial charge in [-0.15, -0.1) is 0 Å². The number of rotatable bonds is 2. The molecular weight excluding hydrogens is 200 g/mol. The zero-order valence-electron chi connectivity index (χ0n) is 10.3. The number of aromatic amines is 1. The average Bonchev–Trinajstić information content (AvgIpc) is 2.55. The van der Waals surface area contributed by atoms with E-state index in [2.05, 4.69) is 31.8 Å². The predicted octanol–water partition coefficient (Wildman–Crippen LogP) is 2.55. The lowest BCUT2D eigenvalue weighted by Gasteiger charge is -2.24. The first-order valence-electron chi connectivity index (χ1n) is 5.65. The van der Waals surface area contributed by atoms with Gasteiger partial charge in [0.25, 0.3) is 0 Å². The number of nitrogens with one attached hydrogen (secondary N) is 1. The van der Waals surface area contributed by atoms with Gasteiger partial charge in [0.1, 0.15) is 0 Å². The number of para-hydroxylation sites is 1. The van der Waals surface area contributed by atoms with Crippen LogP contribution in [0.3, 0.4) is 0 Å². The van der Waals surface area contributed by atoms with Crippen molar-refractivity contribution >= 4 is 11.0 Å². The molecule has 0 aliphatic rings. The minimum Gasteiger partial charge on any atom is -0.306 e. The minimum absolute atomic E-state index is 0.0469. The molecule has 1 heterocycles. The standard InChI is InChI=1S/C13H18N2O/c1-5-13(2,3)9-7-6-8-10-11(9)15(4)12(16)14-10/h6-8H,5H2,1-4H3,(H,14,16). The summed E-state index contributed by atoms with van der Waals surface area (Å²) in [5.41, 5.74) is 3.22. The first kappa shape index (κ1) is 11.0. The molecule has 3 nitrogen and oxygen atoms in total. The number of hydrogen-bond donors (Lipinski definition) is 1. The number of benzene rings is 1. The maximum atomic E-state index is 11.6. The summed E-state index contributed by atoms with van der Waals surface area (Å²) in [6.45, 7) is 6.59. The van der Waals surface area contributed by atoms with Crippen molar-refractivity contribution in [3.63, 3.8) is 0 Å². The molecule has 0 bridgehead atoms. The maximum Gasteiger partial charge on any atom is 0.326 e. The maximum absolute atomic E-state index is 11.6. The molecule has 1 aromatic heterocycles. The second kappa shape index (κ2) is 3.51. The topological polar surface area (TPSA) is 37.8 Å². The summed E-state index contributed by atoms with van der Waals surface area (Å²) in [5, 5.41) is 0. The summed E-state index contributed by atoms with van der Waals surface area (Å²) in [4.78, 5) is 14.5. The molecular formula is C13H18N2O. The Hall–Kier alpha value is -1.51. The molecule has 3 heteroatoms. The highest BCUT2D eigenvalue weighted by atomic mass is 16.1. The summed E-state index contributed by atoms with van der Waals surface area (Å²) in [7, 11) is 1.82. The Morgan fingerprint density at radius 1 is 1.38 bits per heavy atom. The predicted molar refractivity (Wildman–Crippen MR) is 66.9 cm³/mol. The Morgan fingerprint density at radius 2 is 2.06 bits per heavy atom. The molecule has 1 aromatic carbocycles. The van der Waals surface area contributed by atoms with E-state index in [9.17, 15) is 4.79 Å². The minimum atomic E-state index is -0.0469. The smallest absolute Gasteiger partial charge is 0.306 e. The SMILES string of the molecule is CCC(C)(C)c1cccc2[nH]c(=O)n(C)c12. The number of aryl methyl sites for hydroxylation is 1. The molecule has 0 saturated heterocycles. The monoisotopic (exact) mass is 218 g/mol. The van der Waals surface area contributed by atoms with Crippen molar-refractivity contribution in [2.75, 3.05) is 0 Å². The van der Waals surface area contributed by atoms with Crippen molar-refractivity contribution in [2.45, 2.75) is 32.6 Å². The fourth-order valence-electron chi connectivity index (χ4n) is 2.04. The van der Waals surface area contributed by atoms with E-state index < -0.39 is 0 Å². The fourth-order valence-corrected chi connectivity index (χ4v) is 2.04. The summed E-state index contributed by atoms with van der Waals surface area (Å²) in [6, 6.07) is 6.07. The van der Waals surface area contributed by atoms with Crippen LogP contribution < -0.4 is 5.69 Å². The number of H-pyrrole nitrogens is 1. The Kier molecular flexibility index (Phi) is 2.41. The van der Waals surface area contributed by atoms with Crippen LogP contribution in [0.2, 0.25) is 0 Å². The van der Waals surface area contributed by atoms with Crippen LogP contribution in [-0.4, -0.2) is 9.55 Å². The van der Waals surface area contributed by atoms with Gasteiger partial charge in [0.05, 0.1) is 11.0 Å². The van der Waals surface area contributed by atoms with Gasteiger partial charge in [-0.2, -0.15) is 0 Å². The summed E-state index contributed by atoms with van der Waals surface area (Å²) in [6.07, 6.45) is 1.05. The lowest BCUT2D eigenvalue weighted by molar-refractivity contribution is 0.508. The number of aromatic nitrogens is 2. The van der Waals surface area contributed by atoms with E-state index in [0.29, 0.717) is 0 Å². The Morgan fingerprint density at radius 3 is 2.69 bits per heavy atom. The van der Waals surface area contributed by atoms with Crippen LogP contribution in [0.15, 0.2) is 23.0 Å². The zero-order valence-corrected chi connectivity index (χ0v) is 10.3. The lowest BCUT2D eigenvalue weighted by atomic mass is 9.81. The molecule has 2 aromatic rings. The highest BCUT2D eigenvalue weighted by Gasteiger charge is 2.22. The number of hydrogen-bond acceptors (Lipinski definition) is 1. The third kappa shape index (κ3) is 1.47. The van der Waals surface area contributed by atoms with Crippen LogP contribution in [0.5, 0.6) is 0 Å². The normalized spacial score (nSPS) is 12.2. The van der Waals surface area contributed by atoms with Gasteiger partial charge in [-0.05, 0) is 23.5 Å². The molecule has 0 radical (unpaired) electrons. The molecule has 0 unspecified atom stereocenters. The first-order chi connectivity index (χ1) is 7.47. The highest BCUT2D eigenvalue weighted by Crippen LogP contribution is 2.31. The largest absolute Gasteiger partial charge is 0.326 e. The van der Waals surface area contributed by atoms with Crippen LogP contribution in [0.1, 0.15) is 32.8 Å². The van der Waals surface area contributed by atoms with Crippen LogP contribution in [-0.2, 0) is 12.5 Å². The average molecular weight is 218 g/mol. The van der Waals surface area contributed by atoms with Gasteiger partial charge in [-0.25, -0.2) is 4.79 Å². The van der Waals surface area contributed by atoms with Crippen LogP contribution in [0.4, 0.5) is 0 Å². The molecule has 0 spiro atoms. The molecule has 86 valence electrons. The van der Waals surface area contributed by atoms with E-state index in [4.69, 9.17) is 0 Å². The van der Waals surface area contributed by atoms with E-state index >= 15 is 0 Å². The van der Waals surface area contributed by atoms with Crippen molar-refractivity contribution in [3.8, 4) is 0 Å². The van der Waals surface area contributed by atoms with E-state index in [-0.39, 0.29) is 11.1 Å². The zero-order chi connectivity index (χ0) is 11.9. The van der Waals surface area contributed by atoms with Crippen LogP contribution in [0, 0.1) is 0 Å². The van der Waals surface area contributed by atoms with Gasteiger partial charge in [-0.3, -0.25) is 4.57 Å². The van der Waals surface area contributed by atoms with E-state index in [0.717, 1.165) is 17.5 Å². The molecule has 0 atom stereocenters. The molecule has 1 N–H and O–H groups in total. The van der Waals surface area contributed by atoms with Gasteiger partial charge < -0.3 is 4.98 Å². The van der Waals surface area contributed by atoms with Crippen molar-refractivity contribution in [3.05, 3.63) is 34.2 Å². The van der Waals surface area contributed by atoms with E-state index in [1.807, 2.05) is 19.2 Å². The number of fused-ring (bicyclic) bond motifs is 1. The number of nitrogens with zero attached hydrogens (tertiary/aromatic N) is 1. The van der Waals surface area contributed by atoms with Crippen LogP contribution >= 0.6 is 0 Å². The second-order valence-electron chi connectivity index (χ2n) is 4.93. The molecule has 2 rings (SSSR count). The third-order valence-electron chi connectivity index (χ3n) is 3.53. The summed E-state index contributed by atoms with van der Waals surface area (Å²) >= 11 is 0. The van der Waals surface area contributed by atoms with E-state index in [1.165, 1.54) is 5.56 Å². The second-order valence-corrected chi connectivity index (χ2v) is 4.93. The Balaban J connectivity index is 2.85. The fraction of sp³-hybridized carbons (Fsp3) is 0.462. The van der Waals surface area contributed by atoms with Gasteiger partial charge in [0, 0.05) is 7.05 Å². The first-order valence-corrected chi connectivity index (χ1v) is 5.65.